The molecular formula is C28H25F3N2O2. The van der Waals surface area contributed by atoms with Crippen LogP contribution in [0.3, 0.4) is 0 Å². The Morgan fingerprint density at radius 1 is 0.914 bits per heavy atom. The summed E-state index contributed by atoms with van der Waals surface area (Å²) in [6, 6.07) is 18.7. The van der Waals surface area contributed by atoms with E-state index < -0.39 is 29.6 Å². The van der Waals surface area contributed by atoms with E-state index in [0.717, 1.165) is 28.8 Å². The molecule has 0 aliphatic carbocycles. The number of halogens is 3. The van der Waals surface area contributed by atoms with Gasteiger partial charge in [0, 0.05) is 17.8 Å². The van der Waals surface area contributed by atoms with Gasteiger partial charge in [0.1, 0.15) is 0 Å². The number of nitrogens with zero attached hydrogens (tertiary/aromatic N) is 1. The van der Waals surface area contributed by atoms with E-state index >= 15 is 0 Å². The lowest BCUT2D eigenvalue weighted by Crippen LogP contribution is -2.44. The van der Waals surface area contributed by atoms with E-state index in [-0.39, 0.29) is 11.6 Å². The van der Waals surface area contributed by atoms with Crippen LogP contribution in [0.4, 0.5) is 18.9 Å². The smallest absolute Gasteiger partial charge is 0.327 e. The molecule has 0 spiro atoms. The molecule has 3 aromatic rings. The van der Waals surface area contributed by atoms with Gasteiger partial charge in [-0.1, -0.05) is 66.7 Å². The van der Waals surface area contributed by atoms with Crippen LogP contribution in [-0.2, 0) is 11.0 Å². The van der Waals surface area contributed by atoms with E-state index in [2.05, 4.69) is 5.32 Å². The van der Waals surface area contributed by atoms with Crippen molar-refractivity contribution in [2.45, 2.75) is 26.1 Å². The summed E-state index contributed by atoms with van der Waals surface area (Å²) in [4.78, 5) is 28.8. The van der Waals surface area contributed by atoms with Crippen LogP contribution in [0.1, 0.15) is 38.7 Å². The van der Waals surface area contributed by atoms with Crippen LogP contribution in [0.25, 0.3) is 0 Å². The second kappa shape index (κ2) is 9.78. The number of carbonyl (C=O) groups excluding carboxylic acids is 2. The highest BCUT2D eigenvalue weighted by Crippen LogP contribution is 2.36. The fourth-order valence-corrected chi connectivity index (χ4v) is 4.51. The molecule has 1 aliphatic heterocycles. The summed E-state index contributed by atoms with van der Waals surface area (Å²) in [5, 5.41) is 2.62. The molecule has 35 heavy (non-hydrogen) atoms. The summed E-state index contributed by atoms with van der Waals surface area (Å²) < 4.78 is 39.4. The molecule has 3 aromatic carbocycles. The van der Waals surface area contributed by atoms with Crippen molar-refractivity contribution in [3.8, 4) is 0 Å². The number of amides is 2. The first-order valence-electron chi connectivity index (χ1n) is 11.2. The number of benzene rings is 3. The standard InChI is InChI=1S/C28H25F3N2O2/c1-18-9-6-10-19(2)24(18)27(35)33-16-8-15-23(25(33)20-11-4-3-5-12-20)26(34)32-22-14-7-13-21(17-22)28(29,30)31/h3-15,17,23,25H,16H2,1-2H3,(H,32,34). The van der Waals surface area contributed by atoms with Crippen LogP contribution in [0.5, 0.6) is 0 Å². The predicted octanol–water partition coefficient (Wildman–Crippen LogP) is 6.33. The van der Waals surface area contributed by atoms with Crippen LogP contribution in [0.2, 0.25) is 0 Å². The Morgan fingerprint density at radius 3 is 2.23 bits per heavy atom. The Balaban J connectivity index is 1.70. The molecule has 7 heteroatoms. The summed E-state index contributed by atoms with van der Waals surface area (Å²) in [5.41, 5.74) is 2.22. The second-order valence-electron chi connectivity index (χ2n) is 8.60. The van der Waals surface area contributed by atoms with Gasteiger partial charge >= 0.3 is 6.18 Å². The van der Waals surface area contributed by atoms with Crippen LogP contribution in [-0.4, -0.2) is 23.3 Å². The molecule has 2 unspecified atom stereocenters. The molecule has 1 N–H and O–H groups in total. The Bertz CT molecular complexity index is 1250. The third-order valence-electron chi connectivity index (χ3n) is 6.18. The summed E-state index contributed by atoms with van der Waals surface area (Å²) in [5.74, 6) is -1.49. The topological polar surface area (TPSA) is 49.4 Å². The third-order valence-corrected chi connectivity index (χ3v) is 6.18. The van der Waals surface area contributed by atoms with E-state index in [0.29, 0.717) is 12.1 Å². The number of alkyl halides is 3. The molecule has 0 saturated carbocycles. The number of aryl methyl sites for hydroxylation is 2. The number of hydrogen-bond acceptors (Lipinski definition) is 2. The average molecular weight is 479 g/mol. The number of hydrogen-bond donors (Lipinski definition) is 1. The zero-order valence-electron chi connectivity index (χ0n) is 19.3. The fraction of sp³-hybridized carbons (Fsp3) is 0.214. The maximum atomic E-state index is 13.7. The van der Waals surface area contributed by atoms with Gasteiger partial charge < -0.3 is 10.2 Å². The monoisotopic (exact) mass is 478 g/mol. The summed E-state index contributed by atoms with van der Waals surface area (Å²) in [7, 11) is 0. The van der Waals surface area contributed by atoms with Gasteiger partial charge in [-0.3, -0.25) is 9.59 Å². The van der Waals surface area contributed by atoms with E-state index in [1.807, 2.05) is 62.4 Å². The maximum Gasteiger partial charge on any atom is 0.416 e. The van der Waals surface area contributed by atoms with Crippen molar-refractivity contribution in [1.82, 2.24) is 4.90 Å². The highest BCUT2D eigenvalue weighted by Gasteiger charge is 2.38. The predicted molar refractivity (Wildman–Crippen MR) is 129 cm³/mol. The number of nitrogens with one attached hydrogen (secondary N) is 1. The zero-order valence-corrected chi connectivity index (χ0v) is 19.3. The quantitative estimate of drug-likeness (QED) is 0.446. The molecule has 1 heterocycles. The first kappa shape index (κ1) is 24.3. The van der Waals surface area contributed by atoms with Crippen LogP contribution in [0, 0.1) is 19.8 Å². The van der Waals surface area contributed by atoms with Gasteiger partial charge in [-0.15, -0.1) is 0 Å². The average Bonchev–Trinajstić information content (AvgIpc) is 2.83. The van der Waals surface area contributed by atoms with Crippen molar-refractivity contribution >= 4 is 17.5 Å². The molecule has 1 aliphatic rings. The lowest BCUT2D eigenvalue weighted by Gasteiger charge is -2.38. The van der Waals surface area contributed by atoms with E-state index in [1.54, 1.807) is 17.1 Å². The van der Waals surface area contributed by atoms with Crippen LogP contribution >= 0.6 is 0 Å². The molecule has 180 valence electrons. The van der Waals surface area contributed by atoms with Gasteiger partial charge in [0.25, 0.3) is 5.91 Å². The highest BCUT2D eigenvalue weighted by atomic mass is 19.4. The lowest BCUT2D eigenvalue weighted by atomic mass is 9.86. The maximum absolute atomic E-state index is 13.7. The summed E-state index contributed by atoms with van der Waals surface area (Å²) in [6.45, 7) is 4.05. The van der Waals surface area contributed by atoms with Crippen molar-refractivity contribution in [2.75, 3.05) is 11.9 Å². The first-order valence-corrected chi connectivity index (χ1v) is 11.2. The normalized spacial score (nSPS) is 17.8. The molecule has 0 aromatic heterocycles. The van der Waals surface area contributed by atoms with Gasteiger partial charge in [0.05, 0.1) is 17.5 Å². The van der Waals surface area contributed by atoms with Crippen molar-refractivity contribution in [3.63, 3.8) is 0 Å². The first-order chi connectivity index (χ1) is 16.7. The van der Waals surface area contributed by atoms with Gasteiger partial charge in [-0.25, -0.2) is 0 Å². The molecule has 0 fully saturated rings. The zero-order chi connectivity index (χ0) is 25.2. The van der Waals surface area contributed by atoms with E-state index in [4.69, 9.17) is 0 Å². The highest BCUT2D eigenvalue weighted by molar-refractivity contribution is 5.99. The summed E-state index contributed by atoms with van der Waals surface area (Å²) >= 11 is 0. The van der Waals surface area contributed by atoms with Gasteiger partial charge in [0.15, 0.2) is 0 Å². The molecule has 4 nitrogen and oxygen atoms in total. The molecular weight excluding hydrogens is 453 g/mol. The Morgan fingerprint density at radius 2 is 1.57 bits per heavy atom. The van der Waals surface area contributed by atoms with Crippen molar-refractivity contribution in [2.24, 2.45) is 5.92 Å². The molecule has 2 atom stereocenters. The SMILES string of the molecule is Cc1cccc(C)c1C(=O)N1CC=CC(C(=O)Nc2cccc(C(F)(F)F)c2)C1c1ccccc1. The van der Waals surface area contributed by atoms with E-state index in [9.17, 15) is 22.8 Å². The van der Waals surface area contributed by atoms with E-state index in [1.165, 1.54) is 12.1 Å². The van der Waals surface area contributed by atoms with Gasteiger partial charge in [-0.2, -0.15) is 13.2 Å². The minimum absolute atomic E-state index is 0.0447. The van der Waals surface area contributed by atoms with Crippen molar-refractivity contribution < 1.29 is 22.8 Å². The van der Waals surface area contributed by atoms with Crippen LogP contribution in [0.15, 0.2) is 84.9 Å². The Kier molecular flexibility index (Phi) is 6.78. The lowest BCUT2D eigenvalue weighted by molar-refractivity contribution is -0.137. The van der Waals surface area contributed by atoms with Crippen molar-refractivity contribution in [3.05, 3.63) is 113 Å². The van der Waals surface area contributed by atoms with Gasteiger partial charge in [-0.05, 0) is 48.7 Å². The molecule has 0 saturated heterocycles. The van der Waals surface area contributed by atoms with Crippen LogP contribution < -0.4 is 5.32 Å². The number of rotatable bonds is 4. The molecule has 0 radical (unpaired) electrons. The number of carbonyl (C=O) groups is 2. The Hall–Kier alpha value is -3.87. The third kappa shape index (κ3) is 5.14. The largest absolute Gasteiger partial charge is 0.416 e. The minimum Gasteiger partial charge on any atom is -0.327 e. The Labute approximate surface area is 202 Å². The minimum atomic E-state index is -4.52. The summed E-state index contributed by atoms with van der Waals surface area (Å²) in [6.07, 6.45) is -1.05. The van der Waals surface area contributed by atoms with Crippen molar-refractivity contribution in [1.29, 1.82) is 0 Å². The number of anilines is 1. The molecule has 0 bridgehead atoms. The molecule has 4 rings (SSSR count). The fourth-order valence-electron chi connectivity index (χ4n) is 4.51. The van der Waals surface area contributed by atoms with Gasteiger partial charge in [0.2, 0.25) is 5.91 Å². The molecule has 2 amide bonds. The second-order valence-corrected chi connectivity index (χ2v) is 8.60.